The van der Waals surface area contributed by atoms with Crippen molar-refractivity contribution in [3.63, 3.8) is 0 Å². The van der Waals surface area contributed by atoms with Crippen LogP contribution in [0.3, 0.4) is 0 Å². The molecule has 0 aliphatic carbocycles. The number of amides is 3. The summed E-state index contributed by atoms with van der Waals surface area (Å²) in [5.41, 5.74) is -0.182. The summed E-state index contributed by atoms with van der Waals surface area (Å²) in [5, 5.41) is 11.7. The molecule has 2 aromatic rings. The molecule has 10 heteroatoms. The molecule has 0 bridgehead atoms. The number of hydrogen-bond acceptors (Lipinski definition) is 7. The standard InChI is InChI=1S/C27H40N4O6/c1-9-11-19(16-28-31(7)26(34)37-27(4,5)6)29-24(32)20(14-17(2)3)30-25(33)22-15-18-12-10-13-21(35-8)23(18)36-22/h10,12-13,15-17,19-20H,9,11,14H2,1-8H3,(H,29,32)(H,30,33)/b28-16+/t19-,20-/m0/s1. The molecule has 0 aliphatic rings. The molecule has 0 aliphatic heterocycles. The van der Waals surface area contributed by atoms with Gasteiger partial charge in [-0.2, -0.15) is 5.10 Å². The lowest BCUT2D eigenvalue weighted by Gasteiger charge is -2.24. The molecule has 1 aromatic heterocycles. The fourth-order valence-electron chi connectivity index (χ4n) is 3.58. The van der Waals surface area contributed by atoms with E-state index in [9.17, 15) is 14.4 Å². The van der Waals surface area contributed by atoms with Crippen LogP contribution in [0.25, 0.3) is 11.0 Å². The second kappa shape index (κ2) is 13.1. The van der Waals surface area contributed by atoms with Crippen LogP contribution in [0.1, 0.15) is 71.4 Å². The van der Waals surface area contributed by atoms with Crippen molar-refractivity contribution in [2.45, 2.75) is 78.5 Å². The number of rotatable bonds is 11. The van der Waals surface area contributed by atoms with E-state index in [1.165, 1.54) is 20.4 Å². The summed E-state index contributed by atoms with van der Waals surface area (Å²) in [4.78, 5) is 38.4. The van der Waals surface area contributed by atoms with E-state index in [1.807, 2.05) is 32.9 Å². The molecule has 0 spiro atoms. The molecule has 1 heterocycles. The molecule has 2 N–H and O–H groups in total. The Bertz CT molecular complexity index is 1100. The summed E-state index contributed by atoms with van der Waals surface area (Å²) >= 11 is 0. The van der Waals surface area contributed by atoms with Crippen LogP contribution in [-0.4, -0.2) is 61.0 Å². The second-order valence-electron chi connectivity index (χ2n) is 10.3. The predicted molar refractivity (Wildman–Crippen MR) is 143 cm³/mol. The zero-order valence-corrected chi connectivity index (χ0v) is 23.1. The Labute approximate surface area is 218 Å². The van der Waals surface area contributed by atoms with Crippen molar-refractivity contribution in [1.82, 2.24) is 15.6 Å². The number of carbonyl (C=O) groups is 3. The number of nitrogens with one attached hydrogen (secondary N) is 2. The van der Waals surface area contributed by atoms with Crippen molar-refractivity contribution in [3.05, 3.63) is 30.0 Å². The van der Waals surface area contributed by atoms with Crippen molar-refractivity contribution in [2.24, 2.45) is 11.0 Å². The van der Waals surface area contributed by atoms with Gasteiger partial charge in [0.05, 0.1) is 13.2 Å². The summed E-state index contributed by atoms with van der Waals surface area (Å²) in [7, 11) is 3.01. The van der Waals surface area contributed by atoms with Crippen LogP contribution in [0.4, 0.5) is 4.79 Å². The Morgan fingerprint density at radius 3 is 2.49 bits per heavy atom. The van der Waals surface area contributed by atoms with Crippen LogP contribution in [0.5, 0.6) is 5.75 Å². The minimum Gasteiger partial charge on any atom is -0.493 e. The van der Waals surface area contributed by atoms with E-state index >= 15 is 0 Å². The molecule has 0 radical (unpaired) electrons. The van der Waals surface area contributed by atoms with Crippen LogP contribution in [0.2, 0.25) is 0 Å². The average molecular weight is 517 g/mol. The molecule has 0 saturated heterocycles. The van der Waals surface area contributed by atoms with Crippen LogP contribution < -0.4 is 15.4 Å². The minimum absolute atomic E-state index is 0.0895. The smallest absolute Gasteiger partial charge is 0.430 e. The summed E-state index contributed by atoms with van der Waals surface area (Å²) in [6.45, 7) is 11.2. The third-order valence-electron chi connectivity index (χ3n) is 5.29. The summed E-state index contributed by atoms with van der Waals surface area (Å²) in [5.74, 6) is -0.0915. The van der Waals surface area contributed by atoms with Gasteiger partial charge in [0.1, 0.15) is 11.6 Å². The lowest BCUT2D eigenvalue weighted by atomic mass is 10.0. The van der Waals surface area contributed by atoms with Crippen molar-refractivity contribution in [1.29, 1.82) is 0 Å². The van der Waals surface area contributed by atoms with Gasteiger partial charge in [0, 0.05) is 18.6 Å². The highest BCUT2D eigenvalue weighted by molar-refractivity contribution is 5.99. The van der Waals surface area contributed by atoms with Gasteiger partial charge in [-0.15, -0.1) is 0 Å². The summed E-state index contributed by atoms with van der Waals surface area (Å²) in [6, 6.07) is 5.76. The first-order chi connectivity index (χ1) is 17.3. The maximum absolute atomic E-state index is 13.2. The molecule has 2 atom stereocenters. The van der Waals surface area contributed by atoms with Crippen LogP contribution >= 0.6 is 0 Å². The lowest BCUT2D eigenvalue weighted by Crippen LogP contribution is -2.50. The molecule has 3 amide bonds. The van der Waals surface area contributed by atoms with Gasteiger partial charge in [0.25, 0.3) is 5.91 Å². The number of furan rings is 1. The molecule has 10 nitrogen and oxygen atoms in total. The Balaban J connectivity index is 2.14. The Morgan fingerprint density at radius 1 is 1.19 bits per heavy atom. The molecule has 2 rings (SSSR count). The highest BCUT2D eigenvalue weighted by atomic mass is 16.6. The number of fused-ring (bicyclic) bond motifs is 1. The number of para-hydroxylation sites is 1. The zero-order chi connectivity index (χ0) is 27.8. The molecular formula is C27H40N4O6. The Hall–Kier alpha value is -3.56. The fourth-order valence-corrected chi connectivity index (χ4v) is 3.58. The van der Waals surface area contributed by atoms with E-state index in [0.29, 0.717) is 24.2 Å². The minimum atomic E-state index is -0.793. The maximum atomic E-state index is 13.2. The van der Waals surface area contributed by atoms with Gasteiger partial charge in [0.2, 0.25) is 5.91 Å². The Kier molecular flexibility index (Phi) is 10.5. The van der Waals surface area contributed by atoms with Crippen molar-refractivity contribution >= 4 is 35.1 Å². The second-order valence-corrected chi connectivity index (χ2v) is 10.3. The number of hydrogen-bond donors (Lipinski definition) is 2. The number of carbonyl (C=O) groups excluding carboxylic acids is 3. The number of nitrogens with zero attached hydrogens (tertiary/aromatic N) is 2. The Morgan fingerprint density at radius 2 is 1.89 bits per heavy atom. The highest BCUT2D eigenvalue weighted by Crippen LogP contribution is 2.28. The first-order valence-electron chi connectivity index (χ1n) is 12.5. The highest BCUT2D eigenvalue weighted by Gasteiger charge is 2.26. The van der Waals surface area contributed by atoms with Crippen LogP contribution in [0, 0.1) is 5.92 Å². The summed E-state index contributed by atoms with van der Waals surface area (Å²) < 4.78 is 16.3. The number of benzene rings is 1. The van der Waals surface area contributed by atoms with Gasteiger partial charge >= 0.3 is 6.09 Å². The van der Waals surface area contributed by atoms with E-state index in [4.69, 9.17) is 13.9 Å². The molecule has 37 heavy (non-hydrogen) atoms. The topological polar surface area (TPSA) is 122 Å². The van der Waals surface area contributed by atoms with E-state index in [-0.39, 0.29) is 17.6 Å². The molecule has 0 saturated carbocycles. The van der Waals surface area contributed by atoms with Crippen LogP contribution in [-0.2, 0) is 9.53 Å². The molecule has 1 aromatic carbocycles. The first kappa shape index (κ1) is 29.7. The number of ether oxygens (including phenoxy) is 2. The van der Waals surface area contributed by atoms with Gasteiger partial charge in [-0.3, -0.25) is 9.59 Å². The number of hydrazone groups is 1. The number of methoxy groups -OCH3 is 1. The third kappa shape index (κ3) is 9.11. The van der Waals surface area contributed by atoms with E-state index in [0.717, 1.165) is 16.8 Å². The normalized spacial score (nSPS) is 13.4. The van der Waals surface area contributed by atoms with Crippen LogP contribution in [0.15, 0.2) is 33.8 Å². The van der Waals surface area contributed by atoms with Gasteiger partial charge in [-0.1, -0.05) is 39.3 Å². The SMILES string of the molecule is CCC[C@@H](/C=N/N(C)C(=O)OC(C)(C)C)NC(=O)[C@H](CC(C)C)NC(=O)c1cc2cccc(OC)c2o1. The summed E-state index contributed by atoms with van der Waals surface area (Å²) in [6.07, 6.45) is 2.70. The van der Waals surface area contributed by atoms with Crippen molar-refractivity contribution < 1.29 is 28.3 Å². The fraction of sp³-hybridized carbons (Fsp3) is 0.556. The monoisotopic (exact) mass is 516 g/mol. The largest absolute Gasteiger partial charge is 0.493 e. The van der Waals surface area contributed by atoms with E-state index in [1.54, 1.807) is 32.9 Å². The molecule has 0 fully saturated rings. The van der Waals surface area contributed by atoms with Crippen molar-refractivity contribution in [3.8, 4) is 5.75 Å². The van der Waals surface area contributed by atoms with E-state index in [2.05, 4.69) is 15.7 Å². The average Bonchev–Trinajstić information content (AvgIpc) is 3.25. The first-order valence-corrected chi connectivity index (χ1v) is 12.5. The van der Waals surface area contributed by atoms with Gasteiger partial charge in [0.15, 0.2) is 17.1 Å². The van der Waals surface area contributed by atoms with Gasteiger partial charge < -0.3 is 24.5 Å². The quantitative estimate of drug-likeness (QED) is 0.329. The van der Waals surface area contributed by atoms with Crippen molar-refractivity contribution in [2.75, 3.05) is 14.2 Å². The zero-order valence-electron chi connectivity index (χ0n) is 23.1. The predicted octanol–water partition coefficient (Wildman–Crippen LogP) is 4.72. The van der Waals surface area contributed by atoms with E-state index < -0.39 is 29.7 Å². The lowest BCUT2D eigenvalue weighted by molar-refractivity contribution is -0.123. The van der Waals surface area contributed by atoms with Gasteiger partial charge in [-0.05, 0) is 51.7 Å². The molecule has 0 unspecified atom stereocenters. The molecular weight excluding hydrogens is 476 g/mol. The maximum Gasteiger partial charge on any atom is 0.430 e. The molecule has 204 valence electrons. The third-order valence-corrected chi connectivity index (χ3v) is 5.29. The van der Waals surface area contributed by atoms with Gasteiger partial charge in [-0.25, -0.2) is 9.80 Å².